The van der Waals surface area contributed by atoms with Crippen LogP contribution in [0.2, 0.25) is 0 Å². The Kier molecular flexibility index (Phi) is 10.8. The summed E-state index contributed by atoms with van der Waals surface area (Å²) in [7, 11) is 0. The Bertz CT molecular complexity index is 2340. The van der Waals surface area contributed by atoms with Crippen LogP contribution in [0.3, 0.4) is 0 Å². The van der Waals surface area contributed by atoms with E-state index in [1.807, 2.05) is 18.2 Å². The van der Waals surface area contributed by atoms with Crippen LogP contribution < -0.4 is 16.0 Å². The van der Waals surface area contributed by atoms with E-state index in [1.165, 1.54) is 22.3 Å². The standard InChI is InChI=1S/C43H46F3N7O5S/c1-23-27-6-4-7-29(37(27)41(57)53(23)33-14-15-36(54)51-39(33)56)47-17-16-25-21-52(22-25)20-24-10-12-26(13-11-24)40-50-32-18-28(42(2,3)58)31(19-34(32)59-40)49-38(55)30-8-5-9-35(48-30)43(44,45)46/h4-9,18-19,24-26,33,47,58H,1,10-17,20-22H2,2-3H3,(H,49,55)(H,51,54,56). The first kappa shape index (κ1) is 40.6. The second-order valence-electron chi connectivity index (χ2n) is 16.7. The molecule has 2 saturated heterocycles. The van der Waals surface area contributed by atoms with Crippen molar-refractivity contribution in [1.29, 1.82) is 0 Å². The number of fused-ring (bicyclic) bond motifs is 2. The zero-order valence-corrected chi connectivity index (χ0v) is 33.6. The number of alkyl halides is 3. The third kappa shape index (κ3) is 8.35. The molecule has 59 heavy (non-hydrogen) atoms. The molecule has 4 amide bonds. The van der Waals surface area contributed by atoms with E-state index in [2.05, 4.69) is 32.4 Å². The lowest BCUT2D eigenvalue weighted by Gasteiger charge is -2.42. The van der Waals surface area contributed by atoms with Crippen molar-refractivity contribution in [1.82, 2.24) is 25.1 Å². The highest BCUT2D eigenvalue weighted by molar-refractivity contribution is 7.18. The van der Waals surface area contributed by atoms with Crippen LogP contribution in [0.5, 0.6) is 0 Å². The minimum absolute atomic E-state index is 0.178. The Hall–Kier alpha value is -5.19. The molecule has 8 rings (SSSR count). The molecular formula is C43H46F3N7O5S. The smallest absolute Gasteiger partial charge is 0.386 e. The highest BCUT2D eigenvalue weighted by Gasteiger charge is 2.43. The molecule has 3 aliphatic heterocycles. The van der Waals surface area contributed by atoms with E-state index in [9.17, 15) is 37.5 Å². The van der Waals surface area contributed by atoms with Crippen LogP contribution in [-0.4, -0.2) is 80.7 Å². The summed E-state index contributed by atoms with van der Waals surface area (Å²) in [6, 6.07) is 11.5. The van der Waals surface area contributed by atoms with Crippen molar-refractivity contribution < 1.29 is 37.5 Å². The van der Waals surface area contributed by atoms with Gasteiger partial charge in [-0.1, -0.05) is 24.8 Å². The van der Waals surface area contributed by atoms with Crippen molar-refractivity contribution in [2.45, 2.75) is 82.5 Å². The third-order valence-electron chi connectivity index (χ3n) is 12.0. The number of amides is 4. The van der Waals surface area contributed by atoms with Crippen LogP contribution in [0.4, 0.5) is 24.5 Å². The fraction of sp³-hybridized carbons (Fsp3) is 0.442. The zero-order chi connectivity index (χ0) is 41.8. The predicted molar refractivity (Wildman–Crippen MR) is 218 cm³/mol. The number of hydrogen-bond donors (Lipinski definition) is 4. The van der Waals surface area contributed by atoms with Gasteiger partial charge in [0.05, 0.1) is 26.4 Å². The minimum atomic E-state index is -4.69. The summed E-state index contributed by atoms with van der Waals surface area (Å²) in [6.07, 6.45) is 0.880. The molecule has 0 spiro atoms. The van der Waals surface area contributed by atoms with E-state index < -0.39 is 35.3 Å². The Morgan fingerprint density at radius 2 is 1.73 bits per heavy atom. The first-order valence-corrected chi connectivity index (χ1v) is 20.8. The van der Waals surface area contributed by atoms with Gasteiger partial charge >= 0.3 is 6.18 Å². The molecule has 4 N–H and O–H groups in total. The number of aromatic nitrogens is 2. The van der Waals surface area contributed by atoms with Crippen molar-refractivity contribution >= 4 is 62.3 Å². The van der Waals surface area contributed by atoms with Gasteiger partial charge in [-0.15, -0.1) is 11.3 Å². The van der Waals surface area contributed by atoms with E-state index >= 15 is 0 Å². The summed E-state index contributed by atoms with van der Waals surface area (Å²) in [5.74, 6) is -0.463. The summed E-state index contributed by atoms with van der Waals surface area (Å²) >= 11 is 1.54. The molecule has 4 aromatic rings. The highest BCUT2D eigenvalue weighted by Crippen LogP contribution is 2.43. The number of halogens is 3. The molecule has 4 aliphatic rings. The molecule has 3 fully saturated rings. The number of likely N-dealkylation sites (tertiary alicyclic amines) is 1. The second kappa shape index (κ2) is 15.8. The Morgan fingerprint density at radius 1 is 0.983 bits per heavy atom. The molecule has 16 heteroatoms. The molecule has 2 aromatic heterocycles. The molecule has 0 radical (unpaired) electrons. The topological polar surface area (TPSA) is 157 Å². The monoisotopic (exact) mass is 829 g/mol. The maximum Gasteiger partial charge on any atom is 0.433 e. The summed E-state index contributed by atoms with van der Waals surface area (Å²) in [5, 5.41) is 20.5. The number of piperidine rings is 1. The molecule has 1 unspecified atom stereocenters. The number of pyridine rings is 1. The number of imide groups is 1. The predicted octanol–water partition coefficient (Wildman–Crippen LogP) is 7.13. The van der Waals surface area contributed by atoms with Gasteiger partial charge in [-0.25, -0.2) is 9.97 Å². The zero-order valence-electron chi connectivity index (χ0n) is 32.8. The molecule has 310 valence electrons. The second-order valence-corrected chi connectivity index (χ2v) is 17.7. The first-order chi connectivity index (χ1) is 28.0. The maximum atomic E-state index is 13.6. The number of benzene rings is 2. The SMILES string of the molecule is C=C1c2cccc(NCCC3CN(CC4CCC(c5nc6cc(C(C)(C)O)c(NC(=O)c7cccc(C(F)(F)F)n7)cc6s5)CC4)C3)c2C(=O)N1C1CCC(=O)NC1=O. The number of nitrogens with one attached hydrogen (secondary N) is 3. The van der Waals surface area contributed by atoms with Gasteiger partial charge in [-0.3, -0.25) is 29.4 Å². The van der Waals surface area contributed by atoms with E-state index in [-0.39, 0.29) is 36.3 Å². The van der Waals surface area contributed by atoms with Crippen LogP contribution >= 0.6 is 11.3 Å². The van der Waals surface area contributed by atoms with Gasteiger partial charge in [0.25, 0.3) is 11.8 Å². The lowest BCUT2D eigenvalue weighted by Crippen LogP contribution is -2.52. The Balaban J connectivity index is 0.817. The van der Waals surface area contributed by atoms with E-state index in [0.717, 1.165) is 79.3 Å². The van der Waals surface area contributed by atoms with Crippen LogP contribution in [0.15, 0.2) is 55.1 Å². The van der Waals surface area contributed by atoms with E-state index in [0.29, 0.717) is 52.0 Å². The largest absolute Gasteiger partial charge is 0.433 e. The van der Waals surface area contributed by atoms with Gasteiger partial charge in [-0.05, 0) is 94.5 Å². The fourth-order valence-electron chi connectivity index (χ4n) is 8.86. The van der Waals surface area contributed by atoms with Gasteiger partial charge < -0.3 is 20.6 Å². The molecule has 1 atom stereocenters. The molecule has 5 heterocycles. The molecule has 2 aromatic carbocycles. The maximum absolute atomic E-state index is 13.6. The van der Waals surface area contributed by atoms with Crippen molar-refractivity contribution in [3.63, 3.8) is 0 Å². The quantitative estimate of drug-likeness (QED) is 0.116. The van der Waals surface area contributed by atoms with E-state index in [4.69, 9.17) is 4.98 Å². The average Bonchev–Trinajstić information content (AvgIpc) is 3.70. The summed E-state index contributed by atoms with van der Waals surface area (Å²) in [4.78, 5) is 63.3. The van der Waals surface area contributed by atoms with Crippen molar-refractivity contribution in [3.05, 3.63) is 88.2 Å². The fourth-order valence-corrected chi connectivity index (χ4v) is 10.0. The summed E-state index contributed by atoms with van der Waals surface area (Å²) in [5.41, 5.74) is 0.895. The summed E-state index contributed by atoms with van der Waals surface area (Å²) in [6.45, 7) is 11.1. The number of rotatable bonds is 11. The van der Waals surface area contributed by atoms with Crippen LogP contribution in [0, 0.1) is 11.8 Å². The van der Waals surface area contributed by atoms with Crippen LogP contribution in [-0.2, 0) is 21.4 Å². The van der Waals surface area contributed by atoms with Gasteiger partial charge in [-0.2, -0.15) is 13.2 Å². The van der Waals surface area contributed by atoms with Gasteiger partial charge in [0.1, 0.15) is 17.4 Å². The number of thiazole rings is 1. The number of aliphatic hydroxyl groups is 1. The molecule has 1 aliphatic carbocycles. The number of carbonyl (C=O) groups is 4. The molecular weight excluding hydrogens is 784 g/mol. The van der Waals surface area contributed by atoms with Gasteiger partial charge in [0.2, 0.25) is 11.8 Å². The molecule has 12 nitrogen and oxygen atoms in total. The number of hydrogen-bond acceptors (Lipinski definition) is 10. The first-order valence-electron chi connectivity index (χ1n) is 20.0. The third-order valence-corrected chi connectivity index (χ3v) is 13.1. The van der Waals surface area contributed by atoms with Gasteiger partial charge in [0, 0.05) is 66.7 Å². The Labute approximate surface area is 343 Å². The van der Waals surface area contributed by atoms with E-state index in [1.54, 1.807) is 26.0 Å². The Morgan fingerprint density at radius 3 is 2.44 bits per heavy atom. The van der Waals surface area contributed by atoms with Crippen LogP contribution in [0.1, 0.15) is 107 Å². The number of nitrogens with zero attached hydrogens (tertiary/aromatic N) is 4. The number of anilines is 2. The minimum Gasteiger partial charge on any atom is -0.386 e. The highest BCUT2D eigenvalue weighted by atomic mass is 32.1. The molecule has 0 bridgehead atoms. The van der Waals surface area contributed by atoms with Crippen molar-refractivity contribution in [2.75, 3.05) is 36.8 Å². The van der Waals surface area contributed by atoms with Gasteiger partial charge in [0.15, 0.2) is 0 Å². The van der Waals surface area contributed by atoms with Crippen molar-refractivity contribution in [2.24, 2.45) is 11.8 Å². The lowest BCUT2D eigenvalue weighted by molar-refractivity contribution is -0.141. The molecule has 1 saturated carbocycles. The summed E-state index contributed by atoms with van der Waals surface area (Å²) < 4.78 is 40.5. The number of carbonyl (C=O) groups excluding carboxylic acids is 4. The lowest BCUT2D eigenvalue weighted by atomic mass is 9.81. The van der Waals surface area contributed by atoms with Crippen LogP contribution in [0.25, 0.3) is 15.9 Å². The van der Waals surface area contributed by atoms with Crippen molar-refractivity contribution in [3.8, 4) is 0 Å². The normalized spacial score (nSPS) is 21.7. The average molecular weight is 830 g/mol.